The number of aromatic nitrogens is 1. The number of fused-ring (bicyclic) bond motifs is 3. The van der Waals surface area contributed by atoms with Gasteiger partial charge in [-0.3, -0.25) is 4.79 Å². The third-order valence-electron chi connectivity index (χ3n) is 3.98. The van der Waals surface area contributed by atoms with Gasteiger partial charge in [0.25, 0.3) is 0 Å². The lowest BCUT2D eigenvalue weighted by atomic mass is 9.96. The lowest BCUT2D eigenvalue weighted by Gasteiger charge is -2.27. The maximum Gasteiger partial charge on any atom is 0.302 e. The van der Waals surface area contributed by atoms with Crippen molar-refractivity contribution >= 4 is 16.7 Å². The van der Waals surface area contributed by atoms with Crippen molar-refractivity contribution in [1.82, 2.24) is 10.3 Å². The number of esters is 1. The van der Waals surface area contributed by atoms with Crippen LogP contribution >= 0.6 is 0 Å². The van der Waals surface area contributed by atoms with Crippen LogP contribution in [0, 0.1) is 11.6 Å². The molecule has 8 heteroatoms. The topological polar surface area (TPSA) is 69.7 Å². The number of halogens is 2. The predicted octanol–water partition coefficient (Wildman–Crippen LogP) is 2.25. The van der Waals surface area contributed by atoms with E-state index in [1.165, 1.54) is 6.92 Å². The number of likely N-dealkylation sites (N-methyl/N-ethyl adjacent to an activating group) is 1. The average molecular weight is 352 g/mol. The summed E-state index contributed by atoms with van der Waals surface area (Å²) in [6.07, 6.45) is 0. The normalized spacial score (nSPS) is 16.6. The molecule has 0 spiro atoms. The third-order valence-corrected chi connectivity index (χ3v) is 3.98. The molecule has 0 saturated carbocycles. The molecule has 2 aromatic rings. The molecule has 0 fully saturated rings. The van der Waals surface area contributed by atoms with E-state index in [9.17, 15) is 13.6 Å². The standard InChI is InChI=1S/C17H18F2N2O4/c1-9(22)24-3-4-25-17-11-6-13(19)12(18)5-10(11)16-14(20-2)7-23-8-15(16)21-17/h5-6,14,20H,3-4,7-8H2,1-2H3. The molecule has 134 valence electrons. The van der Waals surface area contributed by atoms with Gasteiger partial charge < -0.3 is 19.5 Å². The molecule has 0 aliphatic carbocycles. The van der Waals surface area contributed by atoms with Crippen molar-refractivity contribution < 1.29 is 27.8 Å². The van der Waals surface area contributed by atoms with Gasteiger partial charge in [-0.1, -0.05) is 0 Å². The van der Waals surface area contributed by atoms with Crippen LogP contribution in [0.3, 0.4) is 0 Å². The Morgan fingerprint density at radius 1 is 1.32 bits per heavy atom. The van der Waals surface area contributed by atoms with E-state index >= 15 is 0 Å². The highest BCUT2D eigenvalue weighted by molar-refractivity contribution is 5.91. The molecule has 0 radical (unpaired) electrons. The summed E-state index contributed by atoms with van der Waals surface area (Å²) in [5.74, 6) is -2.19. The Labute approximate surface area is 143 Å². The van der Waals surface area contributed by atoms with Crippen molar-refractivity contribution in [1.29, 1.82) is 0 Å². The van der Waals surface area contributed by atoms with Gasteiger partial charge in [-0.05, 0) is 24.6 Å². The SMILES string of the molecule is CNC1COCc2nc(OCCOC(C)=O)c3cc(F)c(F)cc3c21. The summed E-state index contributed by atoms with van der Waals surface area (Å²) in [5, 5.41) is 3.98. The van der Waals surface area contributed by atoms with Crippen LogP contribution in [0.5, 0.6) is 5.88 Å². The van der Waals surface area contributed by atoms with E-state index in [2.05, 4.69) is 10.3 Å². The first kappa shape index (κ1) is 17.5. The zero-order valence-corrected chi connectivity index (χ0v) is 13.9. The zero-order chi connectivity index (χ0) is 18.0. The first-order valence-corrected chi connectivity index (χ1v) is 7.84. The number of carbonyl (C=O) groups excluding carboxylic acids is 1. The number of hydrogen-bond donors (Lipinski definition) is 1. The van der Waals surface area contributed by atoms with E-state index in [1.807, 2.05) is 0 Å². The van der Waals surface area contributed by atoms with Gasteiger partial charge in [0.1, 0.15) is 13.2 Å². The molecule has 25 heavy (non-hydrogen) atoms. The lowest BCUT2D eigenvalue weighted by molar-refractivity contribution is -0.141. The van der Waals surface area contributed by atoms with E-state index in [4.69, 9.17) is 14.2 Å². The van der Waals surface area contributed by atoms with E-state index in [0.29, 0.717) is 23.1 Å². The highest BCUT2D eigenvalue weighted by Gasteiger charge is 2.26. The van der Waals surface area contributed by atoms with Gasteiger partial charge in [0.05, 0.1) is 24.9 Å². The van der Waals surface area contributed by atoms with Crippen molar-refractivity contribution in [2.75, 3.05) is 26.9 Å². The highest BCUT2D eigenvalue weighted by Crippen LogP contribution is 2.36. The second-order valence-electron chi connectivity index (χ2n) is 5.63. The van der Waals surface area contributed by atoms with Crippen LogP contribution in [0.15, 0.2) is 12.1 Å². The van der Waals surface area contributed by atoms with Crippen LogP contribution in [0.1, 0.15) is 24.2 Å². The number of benzene rings is 1. The predicted molar refractivity (Wildman–Crippen MR) is 85.2 cm³/mol. The minimum absolute atomic E-state index is 0.0366. The largest absolute Gasteiger partial charge is 0.474 e. The fourth-order valence-corrected chi connectivity index (χ4v) is 2.86. The Balaban J connectivity index is 2.05. The molecule has 1 unspecified atom stereocenters. The summed E-state index contributed by atoms with van der Waals surface area (Å²) in [4.78, 5) is 15.2. The first-order chi connectivity index (χ1) is 12.0. The van der Waals surface area contributed by atoms with Gasteiger partial charge in [0.15, 0.2) is 11.6 Å². The number of nitrogens with zero attached hydrogens (tertiary/aromatic N) is 1. The third kappa shape index (κ3) is 3.54. The van der Waals surface area contributed by atoms with Crippen molar-refractivity contribution in [2.45, 2.75) is 19.6 Å². The van der Waals surface area contributed by atoms with E-state index < -0.39 is 17.6 Å². The molecule has 1 aliphatic rings. The molecule has 6 nitrogen and oxygen atoms in total. The maximum atomic E-state index is 13.8. The Morgan fingerprint density at radius 2 is 2.04 bits per heavy atom. The van der Waals surface area contributed by atoms with Crippen molar-refractivity contribution in [3.63, 3.8) is 0 Å². The fourth-order valence-electron chi connectivity index (χ4n) is 2.86. The average Bonchev–Trinajstić information content (AvgIpc) is 2.59. The highest BCUT2D eigenvalue weighted by atomic mass is 19.2. The quantitative estimate of drug-likeness (QED) is 0.657. The van der Waals surface area contributed by atoms with E-state index in [-0.39, 0.29) is 31.7 Å². The summed E-state index contributed by atoms with van der Waals surface area (Å²) in [6.45, 7) is 2.04. The van der Waals surface area contributed by atoms with Crippen LogP contribution < -0.4 is 10.1 Å². The minimum Gasteiger partial charge on any atom is -0.474 e. The smallest absolute Gasteiger partial charge is 0.302 e. The Hall–Kier alpha value is -2.32. The molecule has 1 aromatic heterocycles. The van der Waals surface area contributed by atoms with Crippen molar-refractivity contribution in [2.24, 2.45) is 0 Å². The molecule has 1 N–H and O–H groups in total. The number of rotatable bonds is 5. The molecule has 1 aromatic carbocycles. The Bertz CT molecular complexity index is 813. The van der Waals surface area contributed by atoms with Gasteiger partial charge in [-0.2, -0.15) is 0 Å². The maximum absolute atomic E-state index is 13.8. The molecular formula is C17H18F2N2O4. The first-order valence-electron chi connectivity index (χ1n) is 7.84. The number of pyridine rings is 1. The number of hydrogen-bond acceptors (Lipinski definition) is 6. The molecule has 1 aliphatic heterocycles. The number of nitrogens with one attached hydrogen (secondary N) is 1. The number of carbonyl (C=O) groups is 1. The second-order valence-corrected chi connectivity index (χ2v) is 5.63. The minimum atomic E-state index is -0.979. The van der Waals surface area contributed by atoms with Gasteiger partial charge in [0.2, 0.25) is 5.88 Å². The zero-order valence-electron chi connectivity index (χ0n) is 13.9. The molecule has 0 bridgehead atoms. The molecule has 3 rings (SSSR count). The molecule has 1 atom stereocenters. The summed E-state index contributed by atoms with van der Waals surface area (Å²) in [5.41, 5.74) is 1.38. The van der Waals surface area contributed by atoms with Crippen LogP contribution in [-0.2, 0) is 20.9 Å². The van der Waals surface area contributed by atoms with Gasteiger partial charge in [0, 0.05) is 17.9 Å². The Kier molecular flexibility index (Phi) is 5.10. The van der Waals surface area contributed by atoms with Gasteiger partial charge >= 0.3 is 5.97 Å². The second kappa shape index (κ2) is 7.28. The van der Waals surface area contributed by atoms with E-state index in [1.54, 1.807) is 7.05 Å². The summed E-state index contributed by atoms with van der Waals surface area (Å²) in [6, 6.07) is 2.04. The summed E-state index contributed by atoms with van der Waals surface area (Å²) in [7, 11) is 1.76. The van der Waals surface area contributed by atoms with Crippen molar-refractivity contribution in [3.8, 4) is 5.88 Å². The van der Waals surface area contributed by atoms with E-state index in [0.717, 1.165) is 17.7 Å². The Morgan fingerprint density at radius 3 is 2.72 bits per heavy atom. The van der Waals surface area contributed by atoms with Gasteiger partial charge in [-0.15, -0.1) is 0 Å². The molecular weight excluding hydrogens is 334 g/mol. The monoisotopic (exact) mass is 352 g/mol. The molecule has 0 saturated heterocycles. The molecule has 0 amide bonds. The van der Waals surface area contributed by atoms with Crippen molar-refractivity contribution in [3.05, 3.63) is 35.0 Å². The van der Waals surface area contributed by atoms with Crippen LogP contribution in [-0.4, -0.2) is 37.8 Å². The number of ether oxygens (including phenoxy) is 3. The van der Waals surface area contributed by atoms with Crippen LogP contribution in [0.25, 0.3) is 10.8 Å². The summed E-state index contributed by atoms with van der Waals surface area (Å²) >= 11 is 0. The van der Waals surface area contributed by atoms with Crippen LogP contribution in [0.4, 0.5) is 8.78 Å². The van der Waals surface area contributed by atoms with Gasteiger partial charge in [-0.25, -0.2) is 13.8 Å². The lowest BCUT2D eigenvalue weighted by Crippen LogP contribution is -2.28. The van der Waals surface area contributed by atoms with Crippen LogP contribution in [0.2, 0.25) is 0 Å². The molecule has 2 heterocycles. The fraction of sp³-hybridized carbons (Fsp3) is 0.412. The summed E-state index contributed by atoms with van der Waals surface area (Å²) < 4.78 is 43.4.